The molecule has 0 spiro atoms. The van der Waals surface area contributed by atoms with Gasteiger partial charge in [-0.1, -0.05) is 17.7 Å². The number of anilines is 1. The van der Waals surface area contributed by atoms with Crippen LogP contribution in [-0.4, -0.2) is 8.42 Å². The van der Waals surface area contributed by atoms with Gasteiger partial charge in [0.25, 0.3) is 0 Å². The van der Waals surface area contributed by atoms with Crippen molar-refractivity contribution in [3.05, 3.63) is 58.1 Å². The molecule has 0 heterocycles. The standard InChI is InChI=1S/C15H13ClN2O2S/c1-10-6-11(8-17)2-3-12(10)9-21(19,20)15-7-13(16)4-5-14(15)18/h2-7H,9,18H2,1H3. The van der Waals surface area contributed by atoms with Crippen LogP contribution in [0.25, 0.3) is 0 Å². The average Bonchev–Trinajstić information content (AvgIpc) is 2.43. The van der Waals surface area contributed by atoms with E-state index in [1.54, 1.807) is 31.2 Å². The summed E-state index contributed by atoms with van der Waals surface area (Å²) in [6, 6.07) is 11.3. The Labute approximate surface area is 128 Å². The van der Waals surface area contributed by atoms with Crippen LogP contribution in [0.15, 0.2) is 41.3 Å². The normalized spacial score (nSPS) is 11.1. The average molecular weight is 321 g/mol. The van der Waals surface area contributed by atoms with Crippen LogP contribution in [0.3, 0.4) is 0 Å². The fourth-order valence-electron chi connectivity index (χ4n) is 1.99. The first-order valence-electron chi connectivity index (χ1n) is 6.11. The maximum absolute atomic E-state index is 12.5. The minimum atomic E-state index is -3.60. The van der Waals surface area contributed by atoms with Gasteiger partial charge in [-0.15, -0.1) is 0 Å². The van der Waals surface area contributed by atoms with Crippen molar-refractivity contribution < 1.29 is 8.42 Å². The number of nitrogen functional groups attached to an aromatic ring is 1. The van der Waals surface area contributed by atoms with Crippen LogP contribution in [0.5, 0.6) is 0 Å². The number of nitrogens with two attached hydrogens (primary N) is 1. The van der Waals surface area contributed by atoms with Gasteiger partial charge >= 0.3 is 0 Å². The quantitative estimate of drug-likeness (QED) is 0.881. The van der Waals surface area contributed by atoms with Crippen LogP contribution in [-0.2, 0) is 15.6 Å². The topological polar surface area (TPSA) is 84.0 Å². The Bertz CT molecular complexity index is 839. The predicted octanol–water partition coefficient (Wildman–Crippen LogP) is 3.08. The van der Waals surface area contributed by atoms with Crippen molar-refractivity contribution in [2.45, 2.75) is 17.6 Å². The molecule has 4 nitrogen and oxygen atoms in total. The molecule has 2 N–H and O–H groups in total. The second kappa shape index (κ2) is 5.76. The molecule has 2 rings (SSSR count). The van der Waals surface area contributed by atoms with Crippen molar-refractivity contribution in [1.82, 2.24) is 0 Å². The van der Waals surface area contributed by atoms with E-state index >= 15 is 0 Å². The minimum Gasteiger partial charge on any atom is -0.398 e. The summed E-state index contributed by atoms with van der Waals surface area (Å²) < 4.78 is 25.0. The highest BCUT2D eigenvalue weighted by atomic mass is 35.5. The molecule has 0 fully saturated rings. The van der Waals surface area contributed by atoms with Crippen LogP contribution in [0, 0.1) is 18.3 Å². The summed E-state index contributed by atoms with van der Waals surface area (Å²) in [4.78, 5) is 0.0266. The summed E-state index contributed by atoms with van der Waals surface area (Å²) >= 11 is 5.84. The number of hydrogen-bond acceptors (Lipinski definition) is 4. The lowest BCUT2D eigenvalue weighted by atomic mass is 10.1. The molecule has 0 amide bonds. The Morgan fingerprint density at radius 2 is 1.95 bits per heavy atom. The highest BCUT2D eigenvalue weighted by molar-refractivity contribution is 7.90. The summed E-state index contributed by atoms with van der Waals surface area (Å²) in [7, 11) is -3.60. The first-order chi connectivity index (χ1) is 9.83. The summed E-state index contributed by atoms with van der Waals surface area (Å²) in [5, 5.41) is 9.15. The molecule has 2 aromatic rings. The molecule has 21 heavy (non-hydrogen) atoms. The van der Waals surface area contributed by atoms with Crippen molar-refractivity contribution in [3.63, 3.8) is 0 Å². The number of sulfone groups is 1. The third kappa shape index (κ3) is 3.35. The third-order valence-corrected chi connectivity index (χ3v) is 5.08. The zero-order chi connectivity index (χ0) is 15.6. The van der Waals surface area contributed by atoms with Crippen molar-refractivity contribution in [2.75, 3.05) is 5.73 Å². The van der Waals surface area contributed by atoms with Gasteiger partial charge in [-0.25, -0.2) is 8.42 Å². The molecule has 6 heteroatoms. The van der Waals surface area contributed by atoms with Crippen LogP contribution in [0.4, 0.5) is 5.69 Å². The molecule has 0 atom stereocenters. The smallest absolute Gasteiger partial charge is 0.184 e. The van der Waals surface area contributed by atoms with Gasteiger partial charge in [-0.2, -0.15) is 5.26 Å². The molecule has 0 unspecified atom stereocenters. The summed E-state index contributed by atoms with van der Waals surface area (Å²) in [6.07, 6.45) is 0. The van der Waals surface area contributed by atoms with Crippen molar-refractivity contribution in [3.8, 4) is 6.07 Å². The van der Waals surface area contributed by atoms with Gasteiger partial charge in [-0.3, -0.25) is 0 Å². The van der Waals surface area contributed by atoms with E-state index in [1.807, 2.05) is 6.07 Å². The Morgan fingerprint density at radius 1 is 1.24 bits per heavy atom. The fraction of sp³-hybridized carbons (Fsp3) is 0.133. The first-order valence-corrected chi connectivity index (χ1v) is 8.14. The number of halogens is 1. The van der Waals surface area contributed by atoms with E-state index < -0.39 is 9.84 Å². The molecule has 0 radical (unpaired) electrons. The number of rotatable bonds is 3. The monoisotopic (exact) mass is 320 g/mol. The van der Waals surface area contributed by atoms with Gasteiger partial charge in [0.05, 0.1) is 28.0 Å². The number of nitrogens with zero attached hydrogens (tertiary/aromatic N) is 1. The molecule has 0 aliphatic rings. The Kier molecular flexibility index (Phi) is 4.21. The van der Waals surface area contributed by atoms with Crippen molar-refractivity contribution >= 4 is 27.1 Å². The summed E-state index contributed by atoms with van der Waals surface area (Å²) in [5.41, 5.74) is 7.78. The van der Waals surface area contributed by atoms with Gasteiger partial charge in [0.2, 0.25) is 0 Å². The lowest BCUT2D eigenvalue weighted by Gasteiger charge is -2.10. The highest BCUT2D eigenvalue weighted by Gasteiger charge is 2.20. The maximum atomic E-state index is 12.5. The SMILES string of the molecule is Cc1cc(C#N)ccc1CS(=O)(=O)c1cc(Cl)ccc1N. The number of benzene rings is 2. The predicted molar refractivity (Wildman–Crippen MR) is 82.6 cm³/mol. The van der Waals surface area contributed by atoms with E-state index in [2.05, 4.69) is 0 Å². The lowest BCUT2D eigenvalue weighted by molar-refractivity contribution is 0.595. The maximum Gasteiger partial charge on any atom is 0.184 e. The van der Waals surface area contributed by atoms with E-state index in [-0.39, 0.29) is 16.3 Å². The van der Waals surface area contributed by atoms with Crippen LogP contribution in [0.2, 0.25) is 5.02 Å². The molecule has 108 valence electrons. The van der Waals surface area contributed by atoms with E-state index in [0.29, 0.717) is 16.1 Å². The van der Waals surface area contributed by atoms with E-state index in [1.165, 1.54) is 12.1 Å². The highest BCUT2D eigenvalue weighted by Crippen LogP contribution is 2.26. The van der Waals surface area contributed by atoms with E-state index in [9.17, 15) is 8.42 Å². The molecule has 0 saturated heterocycles. The van der Waals surface area contributed by atoms with Crippen LogP contribution < -0.4 is 5.73 Å². The van der Waals surface area contributed by atoms with Crippen molar-refractivity contribution in [2.24, 2.45) is 0 Å². The number of nitriles is 1. The number of hydrogen-bond donors (Lipinski definition) is 1. The molecule has 2 aromatic carbocycles. The largest absolute Gasteiger partial charge is 0.398 e. The Hall–Kier alpha value is -2.03. The second-order valence-electron chi connectivity index (χ2n) is 4.69. The molecule has 0 saturated carbocycles. The fourth-order valence-corrected chi connectivity index (χ4v) is 3.85. The van der Waals surface area contributed by atoms with Gasteiger partial charge in [-0.05, 0) is 48.4 Å². The third-order valence-electron chi connectivity index (χ3n) is 3.13. The zero-order valence-corrected chi connectivity index (χ0v) is 12.9. The van der Waals surface area contributed by atoms with Crippen LogP contribution in [0.1, 0.15) is 16.7 Å². The molecular weight excluding hydrogens is 308 g/mol. The molecule has 0 aromatic heterocycles. The zero-order valence-electron chi connectivity index (χ0n) is 11.3. The van der Waals surface area contributed by atoms with Gasteiger partial charge < -0.3 is 5.73 Å². The first kappa shape index (κ1) is 15.4. The molecule has 0 aliphatic heterocycles. The summed E-state index contributed by atoms with van der Waals surface area (Å²) in [6.45, 7) is 1.77. The second-order valence-corrected chi connectivity index (χ2v) is 7.09. The molecule has 0 bridgehead atoms. The molecular formula is C15H13ClN2O2S. The Morgan fingerprint density at radius 3 is 2.57 bits per heavy atom. The molecule has 0 aliphatic carbocycles. The number of aryl methyl sites for hydroxylation is 1. The van der Waals surface area contributed by atoms with Gasteiger partial charge in [0, 0.05) is 5.02 Å². The van der Waals surface area contributed by atoms with Gasteiger partial charge in [0.1, 0.15) is 0 Å². The van der Waals surface area contributed by atoms with Crippen LogP contribution >= 0.6 is 11.6 Å². The minimum absolute atomic E-state index is 0.0266. The lowest BCUT2D eigenvalue weighted by Crippen LogP contribution is -2.09. The summed E-state index contributed by atoms with van der Waals surface area (Å²) in [5.74, 6) is -0.185. The van der Waals surface area contributed by atoms with E-state index in [4.69, 9.17) is 22.6 Å². The van der Waals surface area contributed by atoms with E-state index in [0.717, 1.165) is 5.56 Å². The Balaban J connectivity index is 2.43. The van der Waals surface area contributed by atoms with Crippen molar-refractivity contribution in [1.29, 1.82) is 5.26 Å². The van der Waals surface area contributed by atoms with Gasteiger partial charge in [0.15, 0.2) is 9.84 Å².